The molecule has 19 heavy (non-hydrogen) atoms. The van der Waals surface area contributed by atoms with Crippen LogP contribution in [0.1, 0.15) is 37.9 Å². The second kappa shape index (κ2) is 5.67. The predicted octanol–water partition coefficient (Wildman–Crippen LogP) is 1.68. The lowest BCUT2D eigenvalue weighted by Gasteiger charge is -2.25. The van der Waals surface area contributed by atoms with Crippen LogP contribution >= 0.6 is 0 Å². The fourth-order valence-corrected chi connectivity index (χ4v) is 2.06. The van der Waals surface area contributed by atoms with Crippen LogP contribution in [0.4, 0.5) is 0 Å². The normalized spacial score (nSPS) is 12.2. The van der Waals surface area contributed by atoms with E-state index in [0.717, 1.165) is 29.7 Å². The fourth-order valence-electron chi connectivity index (χ4n) is 2.06. The minimum absolute atomic E-state index is 0.593. The molecule has 0 aliphatic carbocycles. The van der Waals surface area contributed by atoms with E-state index < -0.39 is 5.60 Å². The van der Waals surface area contributed by atoms with E-state index in [-0.39, 0.29) is 0 Å². The SMILES string of the molecule is CCC(O)(CC)CNCc1cnc2cc(C)nn2c1. The van der Waals surface area contributed by atoms with Crippen LogP contribution in [0.3, 0.4) is 0 Å². The molecule has 0 amide bonds. The third-order valence-electron chi connectivity index (χ3n) is 3.59. The van der Waals surface area contributed by atoms with Gasteiger partial charge in [0.15, 0.2) is 5.65 Å². The van der Waals surface area contributed by atoms with Crippen LogP contribution in [0.25, 0.3) is 5.65 Å². The molecular weight excluding hydrogens is 240 g/mol. The van der Waals surface area contributed by atoms with Crippen molar-refractivity contribution in [3.8, 4) is 0 Å². The topological polar surface area (TPSA) is 62.5 Å². The van der Waals surface area contributed by atoms with Gasteiger partial charge in [0.2, 0.25) is 0 Å². The zero-order valence-corrected chi connectivity index (χ0v) is 11.8. The minimum Gasteiger partial charge on any atom is -0.389 e. The van der Waals surface area contributed by atoms with Gasteiger partial charge in [-0.15, -0.1) is 0 Å². The Morgan fingerprint density at radius 1 is 1.37 bits per heavy atom. The van der Waals surface area contributed by atoms with Crippen molar-refractivity contribution < 1.29 is 5.11 Å². The Bertz CT molecular complexity index is 545. The van der Waals surface area contributed by atoms with E-state index in [1.165, 1.54) is 0 Å². The Labute approximate surface area is 113 Å². The molecule has 0 saturated heterocycles. The standard InChI is InChI=1S/C14H22N4O/c1-4-14(19,5-2)10-15-7-12-8-16-13-6-11(3)17-18(13)9-12/h6,8-9,15,19H,4-5,7,10H2,1-3H3. The summed E-state index contributed by atoms with van der Waals surface area (Å²) in [5, 5.41) is 17.8. The monoisotopic (exact) mass is 262 g/mol. The van der Waals surface area contributed by atoms with Gasteiger partial charge >= 0.3 is 0 Å². The van der Waals surface area contributed by atoms with E-state index in [1.54, 1.807) is 4.52 Å². The van der Waals surface area contributed by atoms with Gasteiger partial charge in [0.25, 0.3) is 0 Å². The zero-order chi connectivity index (χ0) is 13.9. The van der Waals surface area contributed by atoms with Crippen molar-refractivity contribution in [1.29, 1.82) is 0 Å². The van der Waals surface area contributed by atoms with Gasteiger partial charge in [-0.05, 0) is 19.8 Å². The molecular formula is C14H22N4O. The molecule has 0 radical (unpaired) electrons. The fraction of sp³-hybridized carbons (Fsp3) is 0.571. The molecule has 2 rings (SSSR count). The van der Waals surface area contributed by atoms with Crippen molar-refractivity contribution in [1.82, 2.24) is 19.9 Å². The lowest BCUT2D eigenvalue weighted by molar-refractivity contribution is 0.0323. The molecule has 0 aliphatic heterocycles. The number of aliphatic hydroxyl groups is 1. The number of hydrogen-bond acceptors (Lipinski definition) is 4. The van der Waals surface area contributed by atoms with Gasteiger partial charge in [0, 0.05) is 37.1 Å². The molecule has 0 atom stereocenters. The maximum atomic E-state index is 10.2. The van der Waals surface area contributed by atoms with E-state index in [1.807, 2.05) is 39.2 Å². The Morgan fingerprint density at radius 2 is 2.11 bits per heavy atom. The summed E-state index contributed by atoms with van der Waals surface area (Å²) in [7, 11) is 0. The van der Waals surface area contributed by atoms with Crippen molar-refractivity contribution in [2.75, 3.05) is 6.54 Å². The number of aryl methyl sites for hydroxylation is 1. The van der Waals surface area contributed by atoms with E-state index in [2.05, 4.69) is 15.4 Å². The van der Waals surface area contributed by atoms with Crippen LogP contribution in [0.15, 0.2) is 18.5 Å². The van der Waals surface area contributed by atoms with Gasteiger partial charge in [-0.25, -0.2) is 9.50 Å². The van der Waals surface area contributed by atoms with Crippen LogP contribution < -0.4 is 5.32 Å². The number of hydrogen-bond donors (Lipinski definition) is 2. The molecule has 0 saturated carbocycles. The maximum absolute atomic E-state index is 10.2. The summed E-state index contributed by atoms with van der Waals surface area (Å²) >= 11 is 0. The quantitative estimate of drug-likeness (QED) is 0.831. The molecule has 0 unspecified atom stereocenters. The highest BCUT2D eigenvalue weighted by Gasteiger charge is 2.21. The molecule has 2 aromatic rings. The van der Waals surface area contributed by atoms with Gasteiger partial charge in [-0.3, -0.25) is 0 Å². The smallest absolute Gasteiger partial charge is 0.155 e. The zero-order valence-electron chi connectivity index (χ0n) is 11.8. The largest absolute Gasteiger partial charge is 0.389 e. The van der Waals surface area contributed by atoms with Gasteiger partial charge < -0.3 is 10.4 Å². The third-order valence-corrected chi connectivity index (χ3v) is 3.59. The van der Waals surface area contributed by atoms with Crippen LogP contribution in [-0.4, -0.2) is 31.9 Å². The molecule has 104 valence electrons. The first-order chi connectivity index (χ1) is 9.06. The van der Waals surface area contributed by atoms with Crippen molar-refractivity contribution in [3.63, 3.8) is 0 Å². The van der Waals surface area contributed by atoms with Crippen molar-refractivity contribution in [2.24, 2.45) is 0 Å². The molecule has 0 aromatic carbocycles. The molecule has 5 heteroatoms. The molecule has 0 spiro atoms. The van der Waals surface area contributed by atoms with Crippen molar-refractivity contribution in [3.05, 3.63) is 29.7 Å². The molecule has 0 bridgehead atoms. The maximum Gasteiger partial charge on any atom is 0.155 e. The summed E-state index contributed by atoms with van der Waals surface area (Å²) in [5.41, 5.74) is 2.27. The van der Waals surface area contributed by atoms with Crippen LogP contribution in [0.5, 0.6) is 0 Å². The Hall–Kier alpha value is -1.46. The average molecular weight is 262 g/mol. The van der Waals surface area contributed by atoms with Gasteiger partial charge in [-0.1, -0.05) is 13.8 Å². The summed E-state index contributed by atoms with van der Waals surface area (Å²) in [6.45, 7) is 7.24. The van der Waals surface area contributed by atoms with Gasteiger partial charge in [-0.2, -0.15) is 5.10 Å². The molecule has 0 fully saturated rings. The van der Waals surface area contributed by atoms with Crippen molar-refractivity contribution in [2.45, 2.75) is 45.8 Å². The van der Waals surface area contributed by atoms with E-state index in [4.69, 9.17) is 0 Å². The molecule has 2 heterocycles. The van der Waals surface area contributed by atoms with Gasteiger partial charge in [0.1, 0.15) is 0 Å². The number of rotatable bonds is 6. The highest BCUT2D eigenvalue weighted by atomic mass is 16.3. The van der Waals surface area contributed by atoms with Crippen LogP contribution in [0.2, 0.25) is 0 Å². The Morgan fingerprint density at radius 3 is 2.79 bits per heavy atom. The van der Waals surface area contributed by atoms with Gasteiger partial charge in [0.05, 0.1) is 11.3 Å². The highest BCUT2D eigenvalue weighted by Crippen LogP contribution is 2.13. The lowest BCUT2D eigenvalue weighted by Crippen LogP contribution is -2.39. The third kappa shape index (κ3) is 3.30. The minimum atomic E-state index is -0.611. The molecule has 2 aromatic heterocycles. The first-order valence-electron chi connectivity index (χ1n) is 6.80. The van der Waals surface area contributed by atoms with E-state index in [0.29, 0.717) is 13.1 Å². The number of nitrogens with zero attached hydrogens (tertiary/aromatic N) is 3. The van der Waals surface area contributed by atoms with E-state index >= 15 is 0 Å². The van der Waals surface area contributed by atoms with E-state index in [9.17, 15) is 5.11 Å². The van der Waals surface area contributed by atoms with Crippen molar-refractivity contribution >= 4 is 5.65 Å². The summed E-state index contributed by atoms with van der Waals surface area (Å²) in [4.78, 5) is 4.36. The summed E-state index contributed by atoms with van der Waals surface area (Å²) in [6, 6.07) is 1.95. The Kier molecular flexibility index (Phi) is 4.17. The Balaban J connectivity index is 1.98. The highest BCUT2D eigenvalue weighted by molar-refractivity contribution is 5.38. The molecule has 0 aliphatic rings. The average Bonchev–Trinajstić information content (AvgIpc) is 2.78. The first-order valence-corrected chi connectivity index (χ1v) is 6.80. The summed E-state index contributed by atoms with van der Waals surface area (Å²) in [6.07, 6.45) is 5.33. The number of nitrogens with one attached hydrogen (secondary N) is 1. The molecule has 5 nitrogen and oxygen atoms in total. The lowest BCUT2D eigenvalue weighted by atomic mass is 9.97. The second-order valence-electron chi connectivity index (χ2n) is 5.09. The second-order valence-corrected chi connectivity index (χ2v) is 5.09. The predicted molar refractivity (Wildman–Crippen MR) is 75.0 cm³/mol. The molecule has 2 N–H and O–H groups in total. The summed E-state index contributed by atoms with van der Waals surface area (Å²) in [5.74, 6) is 0. The van der Waals surface area contributed by atoms with Crippen LogP contribution in [0, 0.1) is 6.92 Å². The number of fused-ring (bicyclic) bond motifs is 1. The first kappa shape index (κ1) is 14.0. The number of aromatic nitrogens is 3. The summed E-state index contributed by atoms with van der Waals surface area (Å²) < 4.78 is 1.79. The van der Waals surface area contributed by atoms with Crippen LogP contribution in [-0.2, 0) is 6.54 Å².